The molecule has 0 aliphatic carbocycles. The lowest BCUT2D eigenvalue weighted by molar-refractivity contribution is -0.160. The molecule has 11 heteroatoms. The van der Waals surface area contributed by atoms with Crippen LogP contribution in [-0.4, -0.2) is 52.4 Å². The fraction of sp³-hybridized carbons (Fsp3) is 0.480. The van der Waals surface area contributed by atoms with E-state index < -0.39 is 18.1 Å². The van der Waals surface area contributed by atoms with E-state index in [0.717, 1.165) is 18.4 Å². The average Bonchev–Trinajstić information content (AvgIpc) is 3.29. The molecule has 194 valence electrons. The van der Waals surface area contributed by atoms with Crippen molar-refractivity contribution >= 4 is 22.9 Å². The smallest absolute Gasteiger partial charge is 0.403 e. The van der Waals surface area contributed by atoms with E-state index in [1.807, 2.05) is 24.0 Å². The first-order valence-corrected chi connectivity index (χ1v) is 12.2. The van der Waals surface area contributed by atoms with Gasteiger partial charge < -0.3 is 20.7 Å². The van der Waals surface area contributed by atoms with Gasteiger partial charge in [-0.1, -0.05) is 13.3 Å². The van der Waals surface area contributed by atoms with Crippen molar-refractivity contribution in [2.45, 2.75) is 51.7 Å². The van der Waals surface area contributed by atoms with Gasteiger partial charge in [-0.3, -0.25) is 4.79 Å². The van der Waals surface area contributed by atoms with Gasteiger partial charge in [-0.05, 0) is 49.8 Å². The van der Waals surface area contributed by atoms with Crippen LogP contribution >= 0.6 is 0 Å². The number of halogens is 3. The third-order valence-corrected chi connectivity index (χ3v) is 6.54. The van der Waals surface area contributed by atoms with Crippen LogP contribution in [-0.2, 0) is 6.42 Å². The maximum Gasteiger partial charge on any atom is 0.403 e. The number of alkyl halides is 3. The number of nitrogens with zero attached hydrogens (tertiary/aromatic N) is 4. The average molecular weight is 505 g/mol. The molecule has 1 aliphatic rings. The number of aromatic nitrogens is 3. The SMILES string of the molecule is CCCc1cc(NC(=O)c2cnn3cccnc23)c(N2CCC(C(N)C(F)(F)F)CC2)cc1OCC. The van der Waals surface area contributed by atoms with E-state index in [1.54, 1.807) is 18.5 Å². The summed E-state index contributed by atoms with van der Waals surface area (Å²) in [5.74, 6) is -0.306. The predicted molar refractivity (Wildman–Crippen MR) is 132 cm³/mol. The molecule has 0 bridgehead atoms. The summed E-state index contributed by atoms with van der Waals surface area (Å²) in [5.41, 5.74) is 8.46. The van der Waals surface area contributed by atoms with E-state index in [4.69, 9.17) is 10.5 Å². The van der Waals surface area contributed by atoms with Crippen molar-refractivity contribution in [1.82, 2.24) is 14.6 Å². The van der Waals surface area contributed by atoms with Crippen LogP contribution < -0.4 is 20.7 Å². The van der Waals surface area contributed by atoms with Gasteiger partial charge in [0.15, 0.2) is 5.65 Å². The van der Waals surface area contributed by atoms with Gasteiger partial charge >= 0.3 is 6.18 Å². The highest BCUT2D eigenvalue weighted by Crippen LogP contribution is 2.38. The number of amides is 1. The number of carbonyl (C=O) groups excluding carboxylic acids is 1. The lowest BCUT2D eigenvalue weighted by Gasteiger charge is -2.37. The summed E-state index contributed by atoms with van der Waals surface area (Å²) in [6, 6.07) is 3.65. The number of piperidine rings is 1. The van der Waals surface area contributed by atoms with Crippen LogP contribution in [0.2, 0.25) is 0 Å². The van der Waals surface area contributed by atoms with Crippen molar-refractivity contribution < 1.29 is 22.7 Å². The second kappa shape index (κ2) is 10.7. The summed E-state index contributed by atoms with van der Waals surface area (Å²) >= 11 is 0. The quantitative estimate of drug-likeness (QED) is 0.471. The Morgan fingerprint density at radius 2 is 2.03 bits per heavy atom. The fourth-order valence-corrected chi connectivity index (χ4v) is 4.67. The third-order valence-electron chi connectivity index (χ3n) is 6.54. The largest absolute Gasteiger partial charge is 0.494 e. The Labute approximate surface area is 207 Å². The molecular weight excluding hydrogens is 473 g/mol. The Hall–Kier alpha value is -3.34. The number of nitrogens with two attached hydrogens (primary N) is 1. The van der Waals surface area contributed by atoms with Crippen molar-refractivity contribution in [2.24, 2.45) is 11.7 Å². The molecule has 1 atom stereocenters. The predicted octanol–water partition coefficient (Wildman–Crippen LogP) is 4.44. The Morgan fingerprint density at radius 1 is 1.28 bits per heavy atom. The number of ether oxygens (including phenoxy) is 1. The van der Waals surface area contributed by atoms with Crippen molar-refractivity contribution in [1.29, 1.82) is 0 Å². The molecule has 0 radical (unpaired) electrons. The minimum absolute atomic E-state index is 0.298. The molecule has 1 aliphatic heterocycles. The van der Waals surface area contributed by atoms with Gasteiger partial charge in [-0.15, -0.1) is 0 Å². The Bertz CT molecular complexity index is 1200. The highest BCUT2D eigenvalue weighted by Gasteiger charge is 2.43. The van der Waals surface area contributed by atoms with Crippen LogP contribution in [0.25, 0.3) is 5.65 Å². The number of anilines is 2. The molecule has 36 heavy (non-hydrogen) atoms. The van der Waals surface area contributed by atoms with Crippen LogP contribution in [0.5, 0.6) is 5.75 Å². The minimum Gasteiger partial charge on any atom is -0.494 e. The van der Waals surface area contributed by atoms with Gasteiger partial charge in [0, 0.05) is 31.5 Å². The van der Waals surface area contributed by atoms with Crippen LogP contribution in [0.3, 0.4) is 0 Å². The van der Waals surface area contributed by atoms with Gasteiger partial charge in [-0.2, -0.15) is 18.3 Å². The summed E-state index contributed by atoms with van der Waals surface area (Å²) in [4.78, 5) is 19.5. The molecular formula is C25H31F3N6O2. The molecule has 1 fully saturated rings. The molecule has 1 amide bonds. The number of carbonyl (C=O) groups is 1. The zero-order valence-corrected chi connectivity index (χ0v) is 20.4. The van der Waals surface area contributed by atoms with Crippen molar-refractivity contribution in [2.75, 3.05) is 29.9 Å². The summed E-state index contributed by atoms with van der Waals surface area (Å²) in [7, 11) is 0. The molecule has 4 rings (SSSR count). The second-order valence-corrected chi connectivity index (χ2v) is 8.95. The first-order valence-electron chi connectivity index (χ1n) is 12.2. The van der Waals surface area contributed by atoms with E-state index in [-0.39, 0.29) is 5.91 Å². The Balaban J connectivity index is 1.65. The summed E-state index contributed by atoms with van der Waals surface area (Å²) in [6.45, 7) is 5.19. The van der Waals surface area contributed by atoms with E-state index in [1.165, 1.54) is 10.7 Å². The minimum atomic E-state index is -4.42. The molecule has 1 saturated heterocycles. The number of benzene rings is 1. The van der Waals surface area contributed by atoms with Gasteiger partial charge in [-0.25, -0.2) is 9.50 Å². The fourth-order valence-electron chi connectivity index (χ4n) is 4.67. The van der Waals surface area contributed by atoms with E-state index in [2.05, 4.69) is 22.3 Å². The number of aryl methyl sites for hydroxylation is 1. The molecule has 2 aromatic heterocycles. The normalized spacial score (nSPS) is 15.8. The van der Waals surface area contributed by atoms with Crippen LogP contribution in [0.15, 0.2) is 36.8 Å². The zero-order valence-electron chi connectivity index (χ0n) is 20.4. The number of hydrogen-bond donors (Lipinski definition) is 2. The van der Waals surface area contributed by atoms with Gasteiger partial charge in [0.2, 0.25) is 0 Å². The van der Waals surface area contributed by atoms with Crippen molar-refractivity contribution in [3.8, 4) is 5.75 Å². The standard InChI is InChI=1S/C25H31F3N6O2/c1-3-6-17-13-19(32-24(35)18-15-31-34-10-5-9-30-23(18)34)20(14-21(17)36-4-2)33-11-7-16(8-12-33)22(29)25(26,27)28/h5,9-10,13-16,22H,3-4,6-8,11-12,29H2,1-2H3,(H,32,35). The first-order chi connectivity index (χ1) is 17.2. The highest BCUT2D eigenvalue weighted by atomic mass is 19.4. The van der Waals surface area contributed by atoms with E-state index in [0.29, 0.717) is 60.9 Å². The summed E-state index contributed by atoms with van der Waals surface area (Å²) < 4.78 is 46.8. The summed E-state index contributed by atoms with van der Waals surface area (Å²) in [5, 5.41) is 7.18. The Kier molecular flexibility index (Phi) is 7.67. The van der Waals surface area contributed by atoms with E-state index in [9.17, 15) is 18.0 Å². The molecule has 1 unspecified atom stereocenters. The highest BCUT2D eigenvalue weighted by molar-refractivity contribution is 6.09. The lowest BCUT2D eigenvalue weighted by atomic mass is 9.89. The molecule has 8 nitrogen and oxygen atoms in total. The maximum absolute atomic E-state index is 13.3. The number of fused-ring (bicyclic) bond motifs is 1. The monoisotopic (exact) mass is 504 g/mol. The summed E-state index contributed by atoms with van der Waals surface area (Å²) in [6.07, 6.45) is 2.56. The third kappa shape index (κ3) is 5.40. The number of nitrogens with one attached hydrogen (secondary N) is 1. The maximum atomic E-state index is 13.3. The molecule has 3 N–H and O–H groups in total. The molecule has 3 aromatic rings. The van der Waals surface area contributed by atoms with Crippen molar-refractivity contribution in [3.63, 3.8) is 0 Å². The van der Waals surface area contributed by atoms with Crippen molar-refractivity contribution in [3.05, 3.63) is 47.9 Å². The van der Waals surface area contributed by atoms with E-state index >= 15 is 0 Å². The zero-order chi connectivity index (χ0) is 25.9. The van der Waals surface area contributed by atoms with Gasteiger partial charge in [0.25, 0.3) is 5.91 Å². The van der Waals surface area contributed by atoms with Crippen LogP contribution in [0.1, 0.15) is 49.0 Å². The molecule has 3 heterocycles. The first kappa shape index (κ1) is 25.7. The molecule has 1 aromatic carbocycles. The topological polar surface area (TPSA) is 97.8 Å². The second-order valence-electron chi connectivity index (χ2n) is 8.95. The van der Waals surface area contributed by atoms with Gasteiger partial charge in [0.05, 0.1) is 24.2 Å². The van der Waals surface area contributed by atoms with Crippen LogP contribution in [0.4, 0.5) is 24.5 Å². The number of hydrogen-bond acceptors (Lipinski definition) is 6. The molecule has 0 spiro atoms. The Morgan fingerprint density at radius 3 is 2.69 bits per heavy atom. The van der Waals surface area contributed by atoms with Crippen LogP contribution in [0, 0.1) is 5.92 Å². The lowest BCUT2D eigenvalue weighted by Crippen LogP contribution is -2.48. The molecule has 0 saturated carbocycles. The van der Waals surface area contributed by atoms with Gasteiger partial charge in [0.1, 0.15) is 17.4 Å². The number of rotatable bonds is 8.